The van der Waals surface area contributed by atoms with Gasteiger partial charge in [0.25, 0.3) is 5.91 Å². The van der Waals surface area contributed by atoms with Gasteiger partial charge in [0.2, 0.25) is 0 Å². The van der Waals surface area contributed by atoms with Gasteiger partial charge in [-0.1, -0.05) is 0 Å². The Morgan fingerprint density at radius 2 is 2.15 bits per heavy atom. The molecule has 1 fully saturated rings. The lowest BCUT2D eigenvalue weighted by atomic mass is 10.2. The van der Waals surface area contributed by atoms with Crippen LogP contribution in [-0.4, -0.2) is 50.2 Å². The molecule has 0 spiro atoms. The van der Waals surface area contributed by atoms with Crippen LogP contribution in [0.1, 0.15) is 16.8 Å². The summed E-state index contributed by atoms with van der Waals surface area (Å²) in [5.41, 5.74) is 0.330. The maximum Gasteiger partial charge on any atom is 0.252 e. The molecular weight excluding hydrogens is 327 g/mol. The van der Waals surface area contributed by atoms with Gasteiger partial charge < -0.3 is 10.1 Å². The van der Waals surface area contributed by atoms with E-state index >= 15 is 0 Å². The standard InChI is InChI=1S/C14H18BrFN2O2/c15-13-3-2-11(16)10-12(13)14(19)17-4-1-5-18-6-8-20-9-7-18/h2-3,10H,1,4-9H2,(H,17,19). The van der Waals surface area contributed by atoms with Crippen molar-refractivity contribution in [2.75, 3.05) is 39.4 Å². The third-order valence-electron chi connectivity index (χ3n) is 3.21. The zero-order valence-corrected chi connectivity index (χ0v) is 12.8. The van der Waals surface area contributed by atoms with E-state index in [9.17, 15) is 9.18 Å². The third-order valence-corrected chi connectivity index (χ3v) is 3.90. The number of amides is 1. The van der Waals surface area contributed by atoms with E-state index in [2.05, 4.69) is 26.1 Å². The molecule has 1 aliphatic rings. The number of hydrogen-bond donors (Lipinski definition) is 1. The number of ether oxygens (including phenoxy) is 1. The molecule has 4 nitrogen and oxygen atoms in total. The van der Waals surface area contributed by atoms with E-state index in [1.807, 2.05) is 0 Å². The fraction of sp³-hybridized carbons (Fsp3) is 0.500. The van der Waals surface area contributed by atoms with Crippen LogP contribution in [0.25, 0.3) is 0 Å². The SMILES string of the molecule is O=C(NCCCN1CCOCC1)c1cc(F)ccc1Br. The molecule has 1 aliphatic heterocycles. The largest absolute Gasteiger partial charge is 0.379 e. The second kappa shape index (κ2) is 7.71. The number of benzene rings is 1. The summed E-state index contributed by atoms with van der Waals surface area (Å²) in [5, 5.41) is 2.81. The van der Waals surface area contributed by atoms with Gasteiger partial charge in [0, 0.05) is 24.1 Å². The van der Waals surface area contributed by atoms with E-state index in [4.69, 9.17) is 4.74 Å². The second-order valence-electron chi connectivity index (χ2n) is 4.69. The Balaban J connectivity index is 1.73. The predicted molar refractivity (Wildman–Crippen MR) is 78.3 cm³/mol. The molecule has 20 heavy (non-hydrogen) atoms. The van der Waals surface area contributed by atoms with Crippen molar-refractivity contribution in [3.05, 3.63) is 34.1 Å². The Labute approximate surface area is 126 Å². The Kier molecular flexibility index (Phi) is 5.94. The van der Waals surface area contributed by atoms with Gasteiger partial charge in [-0.05, 0) is 47.1 Å². The first-order valence-corrected chi connectivity index (χ1v) is 7.49. The lowest BCUT2D eigenvalue weighted by Gasteiger charge is -2.26. The molecular formula is C14H18BrFN2O2. The third kappa shape index (κ3) is 4.54. The van der Waals surface area contributed by atoms with Crippen molar-refractivity contribution in [3.8, 4) is 0 Å². The molecule has 1 aromatic rings. The van der Waals surface area contributed by atoms with Crippen LogP contribution < -0.4 is 5.32 Å². The summed E-state index contributed by atoms with van der Waals surface area (Å²) in [4.78, 5) is 14.2. The van der Waals surface area contributed by atoms with Gasteiger partial charge >= 0.3 is 0 Å². The minimum absolute atomic E-state index is 0.252. The van der Waals surface area contributed by atoms with Crippen molar-refractivity contribution in [3.63, 3.8) is 0 Å². The summed E-state index contributed by atoms with van der Waals surface area (Å²) in [6.45, 7) is 4.98. The van der Waals surface area contributed by atoms with Crippen LogP contribution in [-0.2, 0) is 4.74 Å². The first-order chi connectivity index (χ1) is 9.66. The summed E-state index contributed by atoms with van der Waals surface area (Å²) in [5.74, 6) is -0.662. The van der Waals surface area contributed by atoms with Crippen LogP contribution in [0.2, 0.25) is 0 Å². The molecule has 0 saturated carbocycles. The van der Waals surface area contributed by atoms with Gasteiger partial charge in [-0.15, -0.1) is 0 Å². The molecule has 1 N–H and O–H groups in total. The molecule has 0 aliphatic carbocycles. The van der Waals surface area contributed by atoms with Gasteiger partial charge in [-0.25, -0.2) is 4.39 Å². The normalized spacial score (nSPS) is 16.1. The molecule has 0 aromatic heterocycles. The Morgan fingerprint density at radius 1 is 1.40 bits per heavy atom. The predicted octanol–water partition coefficient (Wildman–Crippen LogP) is 2.04. The Morgan fingerprint density at radius 3 is 2.90 bits per heavy atom. The van der Waals surface area contributed by atoms with Crippen molar-refractivity contribution in [1.82, 2.24) is 10.2 Å². The van der Waals surface area contributed by atoms with Gasteiger partial charge in [-0.2, -0.15) is 0 Å². The Hall–Kier alpha value is -0.980. The van der Waals surface area contributed by atoms with Crippen LogP contribution in [0.4, 0.5) is 4.39 Å². The molecule has 0 atom stereocenters. The molecule has 1 aromatic carbocycles. The van der Waals surface area contributed by atoms with Crippen LogP contribution in [0.5, 0.6) is 0 Å². The lowest BCUT2D eigenvalue weighted by Crippen LogP contribution is -2.38. The number of halogens is 2. The van der Waals surface area contributed by atoms with Crippen molar-refractivity contribution < 1.29 is 13.9 Å². The maximum atomic E-state index is 13.1. The summed E-state index contributed by atoms with van der Waals surface area (Å²) in [6.07, 6.45) is 0.874. The topological polar surface area (TPSA) is 41.6 Å². The van der Waals surface area contributed by atoms with Gasteiger partial charge in [0.15, 0.2) is 0 Å². The molecule has 0 radical (unpaired) electrons. The van der Waals surface area contributed by atoms with E-state index in [1.165, 1.54) is 18.2 Å². The van der Waals surface area contributed by atoms with Crippen LogP contribution >= 0.6 is 15.9 Å². The van der Waals surface area contributed by atoms with E-state index in [0.717, 1.165) is 39.3 Å². The van der Waals surface area contributed by atoms with Crippen LogP contribution in [0.3, 0.4) is 0 Å². The number of carbonyl (C=O) groups excluding carboxylic acids is 1. The number of hydrogen-bond acceptors (Lipinski definition) is 3. The van der Waals surface area contributed by atoms with Crippen molar-refractivity contribution in [2.45, 2.75) is 6.42 Å². The number of nitrogens with zero attached hydrogens (tertiary/aromatic N) is 1. The highest BCUT2D eigenvalue weighted by molar-refractivity contribution is 9.10. The molecule has 6 heteroatoms. The summed E-state index contributed by atoms with van der Waals surface area (Å²) in [6, 6.07) is 4.10. The summed E-state index contributed by atoms with van der Waals surface area (Å²) in [7, 11) is 0. The minimum atomic E-state index is -0.410. The first-order valence-electron chi connectivity index (χ1n) is 6.70. The lowest BCUT2D eigenvalue weighted by molar-refractivity contribution is 0.0374. The van der Waals surface area contributed by atoms with Crippen LogP contribution in [0, 0.1) is 5.82 Å². The van der Waals surface area contributed by atoms with E-state index in [1.54, 1.807) is 0 Å². The zero-order chi connectivity index (χ0) is 14.4. The fourth-order valence-corrected chi connectivity index (χ4v) is 2.52. The molecule has 1 heterocycles. The highest BCUT2D eigenvalue weighted by Gasteiger charge is 2.12. The maximum absolute atomic E-state index is 13.1. The molecule has 110 valence electrons. The van der Waals surface area contributed by atoms with Gasteiger partial charge in [0.05, 0.1) is 18.8 Å². The minimum Gasteiger partial charge on any atom is -0.379 e. The molecule has 2 rings (SSSR count). The summed E-state index contributed by atoms with van der Waals surface area (Å²) < 4.78 is 19.0. The highest BCUT2D eigenvalue weighted by Crippen LogP contribution is 2.17. The van der Waals surface area contributed by atoms with E-state index in [0.29, 0.717) is 16.6 Å². The smallest absolute Gasteiger partial charge is 0.252 e. The molecule has 1 saturated heterocycles. The first kappa shape index (κ1) is 15.4. The van der Waals surface area contributed by atoms with Gasteiger partial charge in [0.1, 0.15) is 5.82 Å². The molecule has 0 unspecified atom stereocenters. The summed E-state index contributed by atoms with van der Waals surface area (Å²) >= 11 is 3.25. The quantitative estimate of drug-likeness (QED) is 0.831. The van der Waals surface area contributed by atoms with Crippen LogP contribution in [0.15, 0.2) is 22.7 Å². The van der Waals surface area contributed by atoms with E-state index < -0.39 is 5.82 Å². The van der Waals surface area contributed by atoms with Crippen molar-refractivity contribution in [1.29, 1.82) is 0 Å². The van der Waals surface area contributed by atoms with E-state index in [-0.39, 0.29) is 5.91 Å². The van der Waals surface area contributed by atoms with Gasteiger partial charge in [-0.3, -0.25) is 9.69 Å². The second-order valence-corrected chi connectivity index (χ2v) is 5.54. The average Bonchev–Trinajstić information content (AvgIpc) is 2.47. The average molecular weight is 345 g/mol. The fourth-order valence-electron chi connectivity index (χ4n) is 2.10. The number of rotatable bonds is 5. The Bertz CT molecular complexity index is 464. The number of nitrogens with one attached hydrogen (secondary N) is 1. The zero-order valence-electron chi connectivity index (χ0n) is 11.2. The highest BCUT2D eigenvalue weighted by atomic mass is 79.9. The number of morpholine rings is 1. The van der Waals surface area contributed by atoms with Crippen molar-refractivity contribution >= 4 is 21.8 Å². The molecule has 1 amide bonds. The molecule has 0 bridgehead atoms. The van der Waals surface area contributed by atoms with Crippen molar-refractivity contribution in [2.24, 2.45) is 0 Å². The monoisotopic (exact) mass is 344 g/mol. The number of carbonyl (C=O) groups is 1.